The van der Waals surface area contributed by atoms with Gasteiger partial charge in [-0.2, -0.15) is 0 Å². The highest BCUT2D eigenvalue weighted by Gasteiger charge is 1.97. The van der Waals surface area contributed by atoms with Crippen LogP contribution >= 0.6 is 11.6 Å². The van der Waals surface area contributed by atoms with E-state index in [1.807, 2.05) is 0 Å². The molecular formula is C11H11Cl. The van der Waals surface area contributed by atoms with Gasteiger partial charge in [-0.05, 0) is 28.8 Å². The molecule has 0 amide bonds. The second kappa shape index (κ2) is 3.32. The van der Waals surface area contributed by atoms with E-state index in [1.54, 1.807) is 0 Å². The third-order valence-corrected chi connectivity index (χ3v) is 2.54. The summed E-state index contributed by atoms with van der Waals surface area (Å²) in [6.07, 6.45) is 6.89. The topological polar surface area (TPSA) is 0 Å². The molecule has 0 saturated heterocycles. The minimum absolute atomic E-state index is 0.619. The van der Waals surface area contributed by atoms with Crippen LogP contribution in [0.2, 0.25) is 0 Å². The average Bonchev–Trinajstić information content (AvgIpc) is 2.17. The molecule has 0 radical (unpaired) electrons. The van der Waals surface area contributed by atoms with E-state index in [2.05, 4.69) is 30.4 Å². The Hall–Kier alpha value is -0.750. The van der Waals surface area contributed by atoms with Crippen molar-refractivity contribution >= 4 is 23.8 Å². The first kappa shape index (κ1) is 7.88. The molecule has 2 rings (SSSR count). The Morgan fingerprint density at radius 3 is 2.83 bits per heavy atom. The van der Waals surface area contributed by atoms with Gasteiger partial charge in [0.2, 0.25) is 0 Å². The molecule has 1 aromatic rings. The third-order valence-electron chi connectivity index (χ3n) is 2.25. The van der Waals surface area contributed by atoms with Gasteiger partial charge in [0.15, 0.2) is 0 Å². The fourth-order valence-electron chi connectivity index (χ4n) is 1.64. The van der Waals surface area contributed by atoms with Crippen LogP contribution in [0, 0.1) is 0 Å². The lowest BCUT2D eigenvalue weighted by Crippen LogP contribution is -2.29. The van der Waals surface area contributed by atoms with Crippen molar-refractivity contribution < 1.29 is 0 Å². The zero-order chi connectivity index (χ0) is 8.39. The van der Waals surface area contributed by atoms with Crippen molar-refractivity contribution in [1.82, 2.24) is 0 Å². The highest BCUT2D eigenvalue weighted by Crippen LogP contribution is 1.99. The Balaban J connectivity index is 2.77. The number of rotatable bonds is 1. The fourth-order valence-corrected chi connectivity index (χ4v) is 1.88. The van der Waals surface area contributed by atoms with Crippen molar-refractivity contribution in [2.45, 2.75) is 18.7 Å². The van der Waals surface area contributed by atoms with Crippen molar-refractivity contribution in [3.8, 4) is 0 Å². The minimum atomic E-state index is 0.619. The summed E-state index contributed by atoms with van der Waals surface area (Å²) >= 11 is 5.83. The second-order valence-electron chi connectivity index (χ2n) is 3.04. The average molecular weight is 179 g/mol. The smallest absolute Gasteiger partial charge is 0.0480 e. The standard InChI is InChI=1S/C11H11Cl/c12-8-10-6-3-5-9-4-1-2-7-11(9)10/h3-7H,1-2,8H2. The van der Waals surface area contributed by atoms with Crippen LogP contribution in [0.25, 0.3) is 12.2 Å². The van der Waals surface area contributed by atoms with Crippen LogP contribution in [0.5, 0.6) is 0 Å². The van der Waals surface area contributed by atoms with Crippen molar-refractivity contribution in [2.75, 3.05) is 0 Å². The van der Waals surface area contributed by atoms with Crippen LogP contribution in [0.15, 0.2) is 18.2 Å². The van der Waals surface area contributed by atoms with Crippen molar-refractivity contribution in [3.63, 3.8) is 0 Å². The van der Waals surface area contributed by atoms with Gasteiger partial charge in [0.05, 0.1) is 0 Å². The molecule has 0 nitrogen and oxygen atoms in total. The molecule has 0 aromatic heterocycles. The Bertz CT molecular complexity index is 390. The molecular weight excluding hydrogens is 168 g/mol. The summed E-state index contributed by atoms with van der Waals surface area (Å²) in [6, 6.07) is 6.33. The quantitative estimate of drug-likeness (QED) is 0.576. The highest BCUT2D eigenvalue weighted by molar-refractivity contribution is 6.17. The summed E-state index contributed by atoms with van der Waals surface area (Å²) < 4.78 is 0. The molecule has 0 bridgehead atoms. The predicted octanol–water partition coefficient (Wildman–Crippen LogP) is 1.78. The van der Waals surface area contributed by atoms with Crippen LogP contribution in [0.4, 0.5) is 0 Å². The van der Waals surface area contributed by atoms with Crippen LogP contribution < -0.4 is 10.4 Å². The largest absolute Gasteiger partial charge is 0.122 e. The summed E-state index contributed by atoms with van der Waals surface area (Å²) in [6.45, 7) is 0. The Labute approximate surface area is 77.2 Å². The van der Waals surface area contributed by atoms with Gasteiger partial charge in [0.25, 0.3) is 0 Å². The monoisotopic (exact) mass is 178 g/mol. The van der Waals surface area contributed by atoms with Gasteiger partial charge in [-0.15, -0.1) is 11.6 Å². The van der Waals surface area contributed by atoms with E-state index in [0.29, 0.717) is 5.88 Å². The summed E-state index contributed by atoms with van der Waals surface area (Å²) in [4.78, 5) is 0. The Morgan fingerprint density at radius 2 is 2.00 bits per heavy atom. The van der Waals surface area contributed by atoms with Crippen LogP contribution in [-0.2, 0) is 5.88 Å². The van der Waals surface area contributed by atoms with Crippen molar-refractivity contribution in [2.24, 2.45) is 0 Å². The van der Waals surface area contributed by atoms with Crippen LogP contribution in [-0.4, -0.2) is 0 Å². The second-order valence-corrected chi connectivity index (χ2v) is 3.31. The fraction of sp³-hybridized carbons (Fsp3) is 0.273. The van der Waals surface area contributed by atoms with Gasteiger partial charge in [0, 0.05) is 5.88 Å². The molecule has 1 aromatic carbocycles. The van der Waals surface area contributed by atoms with Crippen molar-refractivity contribution in [1.29, 1.82) is 0 Å². The number of benzene rings is 1. The lowest BCUT2D eigenvalue weighted by atomic mass is 10.0. The van der Waals surface area contributed by atoms with Crippen molar-refractivity contribution in [3.05, 3.63) is 34.2 Å². The third kappa shape index (κ3) is 1.27. The van der Waals surface area contributed by atoms with E-state index in [9.17, 15) is 0 Å². The lowest BCUT2D eigenvalue weighted by Gasteiger charge is -2.03. The number of fused-ring (bicyclic) bond motifs is 1. The molecule has 0 spiro atoms. The summed E-state index contributed by atoms with van der Waals surface area (Å²) in [5, 5.41) is 2.69. The maximum absolute atomic E-state index is 5.83. The number of halogens is 1. The van der Waals surface area contributed by atoms with Gasteiger partial charge in [0.1, 0.15) is 0 Å². The maximum Gasteiger partial charge on any atom is 0.0480 e. The molecule has 0 aliphatic heterocycles. The minimum Gasteiger partial charge on any atom is -0.122 e. The SMILES string of the molecule is ClCc1cccc2c1=CCCC=2. The molecule has 12 heavy (non-hydrogen) atoms. The molecule has 1 aliphatic carbocycles. The van der Waals surface area contributed by atoms with Gasteiger partial charge in [-0.1, -0.05) is 30.4 Å². The maximum atomic E-state index is 5.83. The van der Waals surface area contributed by atoms with E-state index in [-0.39, 0.29) is 0 Å². The summed E-state index contributed by atoms with van der Waals surface area (Å²) in [7, 11) is 0. The van der Waals surface area contributed by atoms with Gasteiger partial charge >= 0.3 is 0 Å². The van der Waals surface area contributed by atoms with E-state index in [1.165, 1.54) is 22.4 Å². The van der Waals surface area contributed by atoms with E-state index >= 15 is 0 Å². The van der Waals surface area contributed by atoms with Gasteiger partial charge in [-0.3, -0.25) is 0 Å². The predicted molar refractivity (Wildman–Crippen MR) is 53.4 cm³/mol. The Morgan fingerprint density at radius 1 is 1.17 bits per heavy atom. The molecule has 1 aliphatic rings. The zero-order valence-corrected chi connectivity index (χ0v) is 7.64. The number of hydrogen-bond donors (Lipinski definition) is 0. The first-order chi connectivity index (χ1) is 5.92. The Kier molecular flexibility index (Phi) is 2.18. The molecule has 0 atom stereocenters. The zero-order valence-electron chi connectivity index (χ0n) is 6.89. The van der Waals surface area contributed by atoms with E-state index in [0.717, 1.165) is 6.42 Å². The first-order valence-electron chi connectivity index (χ1n) is 4.26. The van der Waals surface area contributed by atoms with E-state index < -0.39 is 0 Å². The highest BCUT2D eigenvalue weighted by atomic mass is 35.5. The molecule has 62 valence electrons. The molecule has 0 N–H and O–H groups in total. The van der Waals surface area contributed by atoms with Gasteiger partial charge < -0.3 is 0 Å². The summed E-state index contributed by atoms with van der Waals surface area (Å²) in [5.74, 6) is 0.619. The molecule has 1 heteroatoms. The van der Waals surface area contributed by atoms with Crippen LogP contribution in [0.1, 0.15) is 18.4 Å². The summed E-state index contributed by atoms with van der Waals surface area (Å²) in [5.41, 5.74) is 1.25. The van der Waals surface area contributed by atoms with E-state index in [4.69, 9.17) is 11.6 Å². The number of alkyl halides is 1. The molecule has 0 unspecified atom stereocenters. The van der Waals surface area contributed by atoms with Crippen LogP contribution in [0.3, 0.4) is 0 Å². The number of hydrogen-bond acceptors (Lipinski definition) is 0. The molecule has 0 fully saturated rings. The lowest BCUT2D eigenvalue weighted by molar-refractivity contribution is 1.10. The van der Waals surface area contributed by atoms with Gasteiger partial charge in [-0.25, -0.2) is 0 Å². The first-order valence-corrected chi connectivity index (χ1v) is 4.79. The normalized spacial score (nSPS) is 14.4. The molecule has 0 heterocycles. The molecule has 0 saturated carbocycles.